The second-order valence-electron chi connectivity index (χ2n) is 3.05. The fourth-order valence-electron chi connectivity index (χ4n) is 1.25. The van der Waals surface area contributed by atoms with Crippen LogP contribution in [0.15, 0.2) is 0 Å². The van der Waals surface area contributed by atoms with E-state index in [-0.39, 0.29) is 0 Å². The van der Waals surface area contributed by atoms with E-state index in [0.29, 0.717) is 5.41 Å². The normalized spacial score (nSPS) is 44.6. The largest absolute Gasteiger partial charge is 0.316 e. The average Bonchev–Trinajstić information content (AvgIpc) is 2.44. The van der Waals surface area contributed by atoms with Crippen LogP contribution in [0.4, 0.5) is 0 Å². The van der Waals surface area contributed by atoms with Crippen molar-refractivity contribution in [3.8, 4) is 0 Å². The standard InChI is InChI=1S/C7H15N/c1-4-7(2)5-6(7)8-3/h6,8H,4-5H2,1-3H3. The first-order chi connectivity index (χ1) is 3.73. The summed E-state index contributed by atoms with van der Waals surface area (Å²) in [5.74, 6) is 0. The van der Waals surface area contributed by atoms with E-state index in [2.05, 4.69) is 19.2 Å². The third kappa shape index (κ3) is 0.752. The molecule has 1 aliphatic carbocycles. The molecule has 2 unspecified atom stereocenters. The van der Waals surface area contributed by atoms with E-state index in [9.17, 15) is 0 Å². The quantitative estimate of drug-likeness (QED) is 0.570. The highest BCUT2D eigenvalue weighted by molar-refractivity contribution is 5.02. The molecule has 0 amide bonds. The van der Waals surface area contributed by atoms with Gasteiger partial charge in [-0.05, 0) is 25.3 Å². The van der Waals surface area contributed by atoms with E-state index in [4.69, 9.17) is 0 Å². The van der Waals surface area contributed by atoms with Crippen molar-refractivity contribution in [3.05, 3.63) is 0 Å². The van der Waals surface area contributed by atoms with E-state index >= 15 is 0 Å². The summed E-state index contributed by atoms with van der Waals surface area (Å²) in [5.41, 5.74) is 0.648. The zero-order chi connectivity index (χ0) is 6.20. The lowest BCUT2D eigenvalue weighted by molar-refractivity contribution is 0.500. The molecule has 1 nitrogen and oxygen atoms in total. The molecule has 0 saturated heterocycles. The van der Waals surface area contributed by atoms with Gasteiger partial charge in [0, 0.05) is 6.04 Å². The Hall–Kier alpha value is -0.0400. The molecule has 1 fully saturated rings. The van der Waals surface area contributed by atoms with E-state index < -0.39 is 0 Å². The van der Waals surface area contributed by atoms with Crippen LogP contribution in [0.1, 0.15) is 26.7 Å². The van der Waals surface area contributed by atoms with E-state index in [1.807, 2.05) is 7.05 Å². The van der Waals surface area contributed by atoms with Crippen LogP contribution in [0.25, 0.3) is 0 Å². The first-order valence-corrected chi connectivity index (χ1v) is 3.40. The molecule has 0 aromatic carbocycles. The van der Waals surface area contributed by atoms with E-state index in [1.54, 1.807) is 0 Å². The van der Waals surface area contributed by atoms with Gasteiger partial charge in [0.1, 0.15) is 0 Å². The highest BCUT2D eigenvalue weighted by Gasteiger charge is 2.46. The van der Waals surface area contributed by atoms with Crippen molar-refractivity contribution in [1.29, 1.82) is 0 Å². The average molecular weight is 113 g/mol. The smallest absolute Gasteiger partial charge is 0.0124 e. The summed E-state index contributed by atoms with van der Waals surface area (Å²) in [4.78, 5) is 0. The van der Waals surface area contributed by atoms with Crippen LogP contribution < -0.4 is 5.32 Å². The molecule has 2 atom stereocenters. The van der Waals surface area contributed by atoms with E-state index in [1.165, 1.54) is 12.8 Å². The monoisotopic (exact) mass is 113 g/mol. The molecule has 1 N–H and O–H groups in total. The summed E-state index contributed by atoms with van der Waals surface area (Å²) in [6, 6.07) is 0.812. The van der Waals surface area contributed by atoms with Crippen LogP contribution in [0, 0.1) is 5.41 Å². The first kappa shape index (κ1) is 6.09. The maximum atomic E-state index is 3.28. The maximum Gasteiger partial charge on any atom is 0.0124 e. The van der Waals surface area contributed by atoms with Crippen molar-refractivity contribution < 1.29 is 0 Å². The molecule has 0 spiro atoms. The summed E-state index contributed by atoms with van der Waals surface area (Å²) in [6.45, 7) is 4.60. The zero-order valence-corrected chi connectivity index (χ0v) is 5.99. The van der Waals surface area contributed by atoms with Crippen LogP contribution in [0.2, 0.25) is 0 Å². The molecule has 0 heterocycles. The summed E-state index contributed by atoms with van der Waals surface area (Å²) < 4.78 is 0. The van der Waals surface area contributed by atoms with Gasteiger partial charge in [0.25, 0.3) is 0 Å². The lowest BCUT2D eigenvalue weighted by Gasteiger charge is -2.04. The Kier molecular flexibility index (Phi) is 1.31. The molecule has 0 aromatic heterocycles. The third-order valence-corrected chi connectivity index (χ3v) is 2.51. The Morgan fingerprint density at radius 1 is 1.75 bits per heavy atom. The topological polar surface area (TPSA) is 12.0 Å². The number of hydrogen-bond donors (Lipinski definition) is 1. The predicted molar refractivity (Wildman–Crippen MR) is 35.9 cm³/mol. The fraction of sp³-hybridized carbons (Fsp3) is 1.00. The fourth-order valence-corrected chi connectivity index (χ4v) is 1.25. The second kappa shape index (κ2) is 1.73. The summed E-state index contributed by atoms with van der Waals surface area (Å²) in [5, 5.41) is 3.28. The van der Waals surface area contributed by atoms with Gasteiger partial charge in [-0.3, -0.25) is 0 Å². The molecule has 1 heteroatoms. The van der Waals surface area contributed by atoms with Crippen molar-refractivity contribution in [2.45, 2.75) is 32.7 Å². The van der Waals surface area contributed by atoms with Crippen LogP contribution >= 0.6 is 0 Å². The van der Waals surface area contributed by atoms with Gasteiger partial charge in [-0.2, -0.15) is 0 Å². The predicted octanol–water partition coefficient (Wildman–Crippen LogP) is 1.39. The van der Waals surface area contributed by atoms with Gasteiger partial charge in [0.15, 0.2) is 0 Å². The Balaban J connectivity index is 2.31. The van der Waals surface area contributed by atoms with Gasteiger partial charge >= 0.3 is 0 Å². The second-order valence-corrected chi connectivity index (χ2v) is 3.05. The van der Waals surface area contributed by atoms with Crippen LogP contribution in [0.3, 0.4) is 0 Å². The van der Waals surface area contributed by atoms with Gasteiger partial charge in [-0.25, -0.2) is 0 Å². The number of hydrogen-bond acceptors (Lipinski definition) is 1. The number of nitrogens with one attached hydrogen (secondary N) is 1. The first-order valence-electron chi connectivity index (χ1n) is 3.40. The Bertz CT molecular complexity index is 90.4. The maximum absolute atomic E-state index is 3.28. The van der Waals surface area contributed by atoms with Crippen molar-refractivity contribution in [3.63, 3.8) is 0 Å². The van der Waals surface area contributed by atoms with Crippen LogP contribution in [0.5, 0.6) is 0 Å². The van der Waals surface area contributed by atoms with Gasteiger partial charge in [-0.15, -0.1) is 0 Å². The van der Waals surface area contributed by atoms with Gasteiger partial charge in [0.05, 0.1) is 0 Å². The minimum absolute atomic E-state index is 0.648. The molecule has 0 aliphatic heterocycles. The van der Waals surface area contributed by atoms with Gasteiger partial charge in [0.2, 0.25) is 0 Å². The SMILES string of the molecule is CCC1(C)CC1NC. The molecule has 8 heavy (non-hydrogen) atoms. The minimum atomic E-state index is 0.648. The molecule has 0 radical (unpaired) electrons. The van der Waals surface area contributed by atoms with Crippen molar-refractivity contribution in [2.75, 3.05) is 7.05 Å². The number of rotatable bonds is 2. The Morgan fingerprint density at radius 3 is 2.50 bits per heavy atom. The summed E-state index contributed by atoms with van der Waals surface area (Å²) in [6.07, 6.45) is 2.69. The van der Waals surface area contributed by atoms with Gasteiger partial charge < -0.3 is 5.32 Å². The lowest BCUT2D eigenvalue weighted by atomic mass is 10.1. The molecule has 1 rings (SSSR count). The Morgan fingerprint density at radius 2 is 2.38 bits per heavy atom. The highest BCUT2D eigenvalue weighted by Crippen LogP contribution is 2.47. The van der Waals surface area contributed by atoms with Gasteiger partial charge in [-0.1, -0.05) is 13.8 Å². The molecular weight excluding hydrogens is 98.1 g/mol. The zero-order valence-electron chi connectivity index (χ0n) is 5.99. The molecule has 1 aliphatic rings. The molecule has 1 saturated carbocycles. The summed E-state index contributed by atoms with van der Waals surface area (Å²) in [7, 11) is 2.05. The Labute approximate surface area is 51.5 Å². The van der Waals surface area contributed by atoms with Crippen LogP contribution in [-0.2, 0) is 0 Å². The van der Waals surface area contributed by atoms with E-state index in [0.717, 1.165) is 6.04 Å². The molecular formula is C7H15N. The summed E-state index contributed by atoms with van der Waals surface area (Å²) >= 11 is 0. The van der Waals surface area contributed by atoms with Crippen LogP contribution in [-0.4, -0.2) is 13.1 Å². The van der Waals surface area contributed by atoms with Crippen molar-refractivity contribution in [2.24, 2.45) is 5.41 Å². The van der Waals surface area contributed by atoms with Crippen molar-refractivity contribution >= 4 is 0 Å². The lowest BCUT2D eigenvalue weighted by Crippen LogP contribution is -2.15. The minimum Gasteiger partial charge on any atom is -0.316 e. The molecule has 0 bridgehead atoms. The molecule has 48 valence electrons. The highest BCUT2D eigenvalue weighted by atomic mass is 15.0. The van der Waals surface area contributed by atoms with Crippen molar-refractivity contribution in [1.82, 2.24) is 5.32 Å². The molecule has 0 aromatic rings. The third-order valence-electron chi connectivity index (χ3n) is 2.51.